The number of sulfonamides is 1. The number of hydrogen-bond acceptors (Lipinski definition) is 3. The van der Waals surface area contributed by atoms with Gasteiger partial charge in [0.15, 0.2) is 0 Å². The van der Waals surface area contributed by atoms with Gasteiger partial charge >= 0.3 is 6.61 Å². The van der Waals surface area contributed by atoms with E-state index in [1.807, 2.05) is 0 Å². The van der Waals surface area contributed by atoms with Crippen molar-refractivity contribution in [2.24, 2.45) is 0 Å². The van der Waals surface area contributed by atoms with Crippen molar-refractivity contribution in [3.63, 3.8) is 0 Å². The van der Waals surface area contributed by atoms with Gasteiger partial charge in [0, 0.05) is 0 Å². The third kappa shape index (κ3) is 5.06. The fraction of sp³-hybridized carbons (Fsp3) is 0.294. The first-order valence-corrected chi connectivity index (χ1v) is 9.46. The van der Waals surface area contributed by atoms with Crippen molar-refractivity contribution >= 4 is 27.3 Å². The van der Waals surface area contributed by atoms with Crippen LogP contribution in [0.15, 0.2) is 47.4 Å². The zero-order valence-corrected chi connectivity index (χ0v) is 15.2. The number of anilines is 1. The Labute approximate surface area is 150 Å². The van der Waals surface area contributed by atoms with E-state index < -0.39 is 16.6 Å². The molecule has 0 aliphatic rings. The Morgan fingerprint density at radius 3 is 2.32 bits per heavy atom. The highest BCUT2D eigenvalue weighted by molar-refractivity contribution is 7.92. The molecule has 0 aromatic heterocycles. The Morgan fingerprint density at radius 2 is 1.80 bits per heavy atom. The minimum atomic E-state index is -3.81. The smallest absolute Gasteiger partial charge is 0.387 e. The largest absolute Gasteiger partial charge is 0.433 e. The van der Waals surface area contributed by atoms with Crippen LogP contribution >= 0.6 is 11.6 Å². The van der Waals surface area contributed by atoms with Crippen LogP contribution in [0.1, 0.15) is 31.7 Å². The van der Waals surface area contributed by atoms with Crippen molar-refractivity contribution < 1.29 is 21.9 Å². The van der Waals surface area contributed by atoms with Gasteiger partial charge < -0.3 is 4.74 Å². The summed E-state index contributed by atoms with van der Waals surface area (Å²) in [7, 11) is -3.81. The quantitative estimate of drug-likeness (QED) is 0.703. The molecule has 25 heavy (non-hydrogen) atoms. The van der Waals surface area contributed by atoms with Gasteiger partial charge in [-0.1, -0.05) is 37.6 Å². The standard InChI is InChI=1S/C17H18ClF2NO3S/c1-3-11(2)12-4-7-14(8-5-12)25(22,23)21-13-6-9-16(15(18)10-13)24-17(19)20/h4-11,17,21H,3H2,1-2H3. The van der Waals surface area contributed by atoms with E-state index in [-0.39, 0.29) is 21.4 Å². The van der Waals surface area contributed by atoms with Crippen molar-refractivity contribution in [2.45, 2.75) is 37.7 Å². The molecule has 0 bridgehead atoms. The van der Waals surface area contributed by atoms with Crippen molar-refractivity contribution in [3.05, 3.63) is 53.1 Å². The predicted octanol–water partition coefficient (Wildman–Crippen LogP) is 5.26. The fourth-order valence-corrected chi connectivity index (χ4v) is 3.46. The minimum Gasteiger partial charge on any atom is -0.433 e. The Morgan fingerprint density at radius 1 is 1.16 bits per heavy atom. The maximum atomic E-state index is 12.4. The molecule has 0 radical (unpaired) electrons. The zero-order valence-electron chi connectivity index (χ0n) is 13.7. The molecule has 1 N–H and O–H groups in total. The van der Waals surface area contributed by atoms with Crippen molar-refractivity contribution in [1.82, 2.24) is 0 Å². The van der Waals surface area contributed by atoms with Gasteiger partial charge in [0.05, 0.1) is 15.6 Å². The van der Waals surface area contributed by atoms with Crippen molar-refractivity contribution in [2.75, 3.05) is 4.72 Å². The number of ether oxygens (including phenoxy) is 1. The Balaban J connectivity index is 2.19. The molecule has 0 spiro atoms. The van der Waals surface area contributed by atoms with Gasteiger partial charge in [0.25, 0.3) is 10.0 Å². The third-order valence-electron chi connectivity index (χ3n) is 3.77. The Kier molecular flexibility index (Phi) is 6.24. The van der Waals surface area contributed by atoms with E-state index in [1.54, 1.807) is 12.1 Å². The number of alkyl halides is 2. The molecular weight excluding hydrogens is 372 g/mol. The van der Waals surface area contributed by atoms with E-state index in [1.165, 1.54) is 30.3 Å². The summed E-state index contributed by atoms with van der Waals surface area (Å²) in [4.78, 5) is 0.101. The van der Waals surface area contributed by atoms with E-state index in [9.17, 15) is 17.2 Å². The van der Waals surface area contributed by atoms with E-state index in [2.05, 4.69) is 23.3 Å². The van der Waals surface area contributed by atoms with Crippen LogP contribution in [0, 0.1) is 0 Å². The van der Waals surface area contributed by atoms with Crippen LogP contribution in [0.2, 0.25) is 5.02 Å². The summed E-state index contributed by atoms with van der Waals surface area (Å²) in [6.07, 6.45) is 0.954. The molecule has 1 unspecified atom stereocenters. The molecule has 2 aromatic carbocycles. The van der Waals surface area contributed by atoms with Gasteiger partial charge in [0.2, 0.25) is 0 Å². The molecule has 1 atom stereocenters. The lowest BCUT2D eigenvalue weighted by molar-refractivity contribution is -0.0497. The van der Waals surface area contributed by atoms with Crippen LogP contribution in [0.4, 0.5) is 14.5 Å². The van der Waals surface area contributed by atoms with Gasteiger partial charge in [-0.25, -0.2) is 8.42 Å². The first-order valence-electron chi connectivity index (χ1n) is 7.60. The summed E-state index contributed by atoms with van der Waals surface area (Å²) < 4.78 is 55.9. The average molecular weight is 390 g/mol. The van der Waals surface area contributed by atoms with E-state index >= 15 is 0 Å². The highest BCUT2D eigenvalue weighted by Gasteiger charge is 2.16. The molecule has 4 nitrogen and oxygen atoms in total. The molecule has 0 aliphatic heterocycles. The molecule has 8 heteroatoms. The topological polar surface area (TPSA) is 55.4 Å². The van der Waals surface area contributed by atoms with Crippen LogP contribution in [0.3, 0.4) is 0 Å². The molecular formula is C17H18ClF2NO3S. The SMILES string of the molecule is CCC(C)c1ccc(S(=O)(=O)Nc2ccc(OC(F)F)c(Cl)c2)cc1. The molecule has 0 amide bonds. The zero-order chi connectivity index (χ0) is 18.6. The molecule has 2 rings (SSSR count). The second-order valence-corrected chi connectivity index (χ2v) is 7.60. The first kappa shape index (κ1) is 19.5. The molecule has 0 aliphatic carbocycles. The van der Waals surface area contributed by atoms with Gasteiger partial charge in [-0.2, -0.15) is 8.78 Å². The number of hydrogen-bond donors (Lipinski definition) is 1. The van der Waals surface area contributed by atoms with Crippen LogP contribution in [0.25, 0.3) is 0 Å². The lowest BCUT2D eigenvalue weighted by atomic mass is 9.99. The molecule has 0 heterocycles. The van der Waals surface area contributed by atoms with Gasteiger partial charge in [-0.15, -0.1) is 0 Å². The van der Waals surface area contributed by atoms with Crippen LogP contribution in [-0.4, -0.2) is 15.0 Å². The van der Waals surface area contributed by atoms with E-state index in [0.717, 1.165) is 12.0 Å². The van der Waals surface area contributed by atoms with Crippen molar-refractivity contribution in [1.29, 1.82) is 0 Å². The van der Waals surface area contributed by atoms with Crippen molar-refractivity contribution in [3.8, 4) is 5.75 Å². The lowest BCUT2D eigenvalue weighted by Crippen LogP contribution is -2.13. The Bertz CT molecular complexity index is 826. The third-order valence-corrected chi connectivity index (χ3v) is 5.46. The van der Waals surface area contributed by atoms with Crippen LogP contribution < -0.4 is 9.46 Å². The lowest BCUT2D eigenvalue weighted by Gasteiger charge is -2.12. The number of benzene rings is 2. The molecule has 136 valence electrons. The number of rotatable bonds is 7. The number of nitrogens with one attached hydrogen (secondary N) is 1. The average Bonchev–Trinajstić information content (AvgIpc) is 2.56. The monoisotopic (exact) mass is 389 g/mol. The minimum absolute atomic E-state index is 0.101. The normalized spacial score (nSPS) is 12.9. The van der Waals surface area contributed by atoms with Crippen LogP contribution in [-0.2, 0) is 10.0 Å². The van der Waals surface area contributed by atoms with E-state index in [0.29, 0.717) is 5.92 Å². The first-order chi connectivity index (χ1) is 11.7. The summed E-state index contributed by atoms with van der Waals surface area (Å²) >= 11 is 5.83. The highest BCUT2D eigenvalue weighted by atomic mass is 35.5. The van der Waals surface area contributed by atoms with Gasteiger partial charge in [-0.05, 0) is 48.2 Å². The molecule has 0 fully saturated rings. The summed E-state index contributed by atoms with van der Waals surface area (Å²) in [6, 6.07) is 10.3. The van der Waals surface area contributed by atoms with Gasteiger partial charge in [0.1, 0.15) is 5.75 Å². The summed E-state index contributed by atoms with van der Waals surface area (Å²) in [5.74, 6) is 0.114. The predicted molar refractivity (Wildman–Crippen MR) is 94.0 cm³/mol. The summed E-state index contributed by atoms with van der Waals surface area (Å²) in [5.41, 5.74) is 1.20. The van der Waals surface area contributed by atoms with Crippen LogP contribution in [0.5, 0.6) is 5.75 Å². The summed E-state index contributed by atoms with van der Waals surface area (Å²) in [5, 5.41) is -0.118. The second kappa shape index (κ2) is 8.01. The number of halogens is 3. The molecule has 0 saturated heterocycles. The highest BCUT2D eigenvalue weighted by Crippen LogP contribution is 2.30. The maximum absolute atomic E-state index is 12.4. The Hall–Kier alpha value is -1.86. The molecule has 0 saturated carbocycles. The maximum Gasteiger partial charge on any atom is 0.387 e. The molecule has 2 aromatic rings. The fourth-order valence-electron chi connectivity index (χ4n) is 2.18. The second-order valence-electron chi connectivity index (χ2n) is 5.51. The summed E-state index contributed by atoms with van der Waals surface area (Å²) in [6.45, 7) is 1.11. The van der Waals surface area contributed by atoms with Gasteiger partial charge in [-0.3, -0.25) is 4.72 Å². The van der Waals surface area contributed by atoms with E-state index in [4.69, 9.17) is 11.6 Å².